The molecule has 0 aliphatic rings. The summed E-state index contributed by atoms with van der Waals surface area (Å²) in [4.78, 5) is 11.0. The summed E-state index contributed by atoms with van der Waals surface area (Å²) < 4.78 is 14.8. The van der Waals surface area contributed by atoms with Crippen molar-refractivity contribution in [3.05, 3.63) is 46.0 Å². The second kappa shape index (κ2) is 5.56. The molecule has 2 N–H and O–H groups in total. The zero-order chi connectivity index (χ0) is 12.6. The molecule has 18 heavy (non-hydrogen) atoms. The normalized spacial score (nSPS) is 9.94. The van der Waals surface area contributed by atoms with Crippen LogP contribution in [0.4, 0.5) is 4.39 Å². The Labute approximate surface area is 118 Å². The molecular weight excluding hydrogens is 303 g/mol. The quantitative estimate of drug-likeness (QED) is 0.927. The number of rotatable bonds is 2. The van der Waals surface area contributed by atoms with Gasteiger partial charge in [0.05, 0.1) is 16.8 Å². The van der Waals surface area contributed by atoms with Gasteiger partial charge in [-0.1, -0.05) is 29.3 Å². The maximum atomic E-state index is 13.7. The number of aromatic nitrogens is 2. The zero-order valence-corrected chi connectivity index (χ0v) is 11.1. The number of carbonyl (C=O) groups excluding carboxylic acids is 1. The van der Waals surface area contributed by atoms with Crippen molar-refractivity contribution >= 4 is 41.5 Å². The Hall–Kier alpha value is -1.30. The van der Waals surface area contributed by atoms with Crippen molar-refractivity contribution in [2.75, 3.05) is 0 Å². The van der Waals surface area contributed by atoms with Gasteiger partial charge in [-0.2, -0.15) is 5.10 Å². The Bertz CT molecular complexity index is 600. The van der Waals surface area contributed by atoms with E-state index in [-0.39, 0.29) is 33.8 Å². The highest BCUT2D eigenvalue weighted by molar-refractivity contribution is 6.33. The molecule has 2 rings (SSSR count). The van der Waals surface area contributed by atoms with Crippen LogP contribution in [0.25, 0.3) is 5.69 Å². The summed E-state index contributed by atoms with van der Waals surface area (Å²) in [6, 6.07) is 4.38. The molecule has 1 aromatic carbocycles. The molecule has 1 heterocycles. The zero-order valence-electron chi connectivity index (χ0n) is 8.73. The predicted molar refractivity (Wildman–Crippen MR) is 69.3 cm³/mol. The monoisotopic (exact) mass is 309 g/mol. The molecule has 0 saturated carbocycles. The van der Waals surface area contributed by atoms with Gasteiger partial charge in [-0.3, -0.25) is 4.79 Å². The second-order valence-corrected chi connectivity index (χ2v) is 3.96. The van der Waals surface area contributed by atoms with Gasteiger partial charge in [0.1, 0.15) is 10.8 Å². The van der Waals surface area contributed by atoms with Gasteiger partial charge in [0.15, 0.2) is 5.82 Å². The average Bonchev–Trinajstić information content (AvgIpc) is 2.64. The van der Waals surface area contributed by atoms with Crippen molar-refractivity contribution in [3.63, 3.8) is 0 Å². The summed E-state index contributed by atoms with van der Waals surface area (Å²) in [6.07, 6.45) is 1.17. The highest BCUT2D eigenvalue weighted by atomic mass is 35.5. The molecule has 0 fully saturated rings. The van der Waals surface area contributed by atoms with Gasteiger partial charge in [0.2, 0.25) is 0 Å². The van der Waals surface area contributed by atoms with Crippen LogP contribution < -0.4 is 5.73 Å². The third-order valence-electron chi connectivity index (χ3n) is 2.14. The van der Waals surface area contributed by atoms with Crippen molar-refractivity contribution in [1.29, 1.82) is 0 Å². The Kier molecular flexibility index (Phi) is 4.56. The highest BCUT2D eigenvalue weighted by Gasteiger charge is 2.17. The van der Waals surface area contributed by atoms with Gasteiger partial charge < -0.3 is 5.73 Å². The number of nitrogens with two attached hydrogens (primary N) is 1. The molecule has 8 heteroatoms. The lowest BCUT2D eigenvalue weighted by Crippen LogP contribution is -2.11. The number of nitrogens with zero attached hydrogens (tertiary/aromatic N) is 2. The Morgan fingerprint density at radius 2 is 2.06 bits per heavy atom. The average molecular weight is 311 g/mol. The highest BCUT2D eigenvalue weighted by Crippen LogP contribution is 2.25. The molecule has 2 aromatic rings. The van der Waals surface area contributed by atoms with Crippen molar-refractivity contribution in [3.8, 4) is 5.69 Å². The van der Waals surface area contributed by atoms with Gasteiger partial charge in [0.25, 0.3) is 5.91 Å². The van der Waals surface area contributed by atoms with E-state index in [0.717, 1.165) is 4.68 Å². The van der Waals surface area contributed by atoms with Gasteiger partial charge in [0, 0.05) is 0 Å². The van der Waals surface area contributed by atoms with Crippen LogP contribution in [0.5, 0.6) is 0 Å². The summed E-state index contributed by atoms with van der Waals surface area (Å²) in [6.45, 7) is 0. The first-order valence-corrected chi connectivity index (χ1v) is 5.25. The van der Waals surface area contributed by atoms with Crippen molar-refractivity contribution in [2.45, 2.75) is 0 Å². The van der Waals surface area contributed by atoms with Crippen LogP contribution >= 0.6 is 35.6 Å². The van der Waals surface area contributed by atoms with Crippen molar-refractivity contribution in [1.82, 2.24) is 9.78 Å². The number of amides is 1. The summed E-state index contributed by atoms with van der Waals surface area (Å²) in [5.74, 6) is -1.40. The molecule has 1 aromatic heterocycles. The van der Waals surface area contributed by atoms with E-state index >= 15 is 0 Å². The first-order chi connectivity index (χ1) is 8.02. The number of hydrogen-bond donors (Lipinski definition) is 1. The fraction of sp³-hybridized carbons (Fsp3) is 0. The van der Waals surface area contributed by atoms with E-state index in [2.05, 4.69) is 5.10 Å². The van der Waals surface area contributed by atoms with E-state index in [9.17, 15) is 9.18 Å². The van der Waals surface area contributed by atoms with Crippen molar-refractivity contribution < 1.29 is 9.18 Å². The minimum Gasteiger partial charge on any atom is -0.365 e. The Morgan fingerprint density at radius 3 is 2.61 bits per heavy atom. The fourth-order valence-electron chi connectivity index (χ4n) is 1.32. The standard InChI is InChI=1S/C10H6Cl2FN3O.ClH/c11-6-2-1-3-7(8(6)13)16-9(12)5(4-15-16)10(14)17;/h1-4H,(H2,14,17);1H. The van der Waals surface area contributed by atoms with Crippen molar-refractivity contribution in [2.24, 2.45) is 5.73 Å². The van der Waals surface area contributed by atoms with Gasteiger partial charge in [-0.25, -0.2) is 9.07 Å². The Balaban J connectivity index is 0.00000162. The third kappa shape index (κ3) is 2.43. The number of carbonyl (C=O) groups is 1. The van der Waals surface area contributed by atoms with E-state index in [1.54, 1.807) is 6.07 Å². The Morgan fingerprint density at radius 1 is 1.39 bits per heavy atom. The molecule has 96 valence electrons. The maximum Gasteiger partial charge on any atom is 0.253 e. The van der Waals surface area contributed by atoms with E-state index in [0.29, 0.717) is 0 Å². The molecule has 0 radical (unpaired) electrons. The second-order valence-electron chi connectivity index (χ2n) is 3.20. The lowest BCUT2D eigenvalue weighted by molar-refractivity contribution is 0.100. The topological polar surface area (TPSA) is 60.9 Å². The first kappa shape index (κ1) is 14.8. The van der Waals surface area contributed by atoms with Crippen LogP contribution in [-0.4, -0.2) is 15.7 Å². The molecule has 4 nitrogen and oxygen atoms in total. The summed E-state index contributed by atoms with van der Waals surface area (Å²) in [5, 5.41) is 3.68. The molecule has 1 amide bonds. The van der Waals surface area contributed by atoms with E-state index in [1.807, 2.05) is 0 Å². The lowest BCUT2D eigenvalue weighted by Gasteiger charge is -2.05. The molecule has 0 bridgehead atoms. The van der Waals surface area contributed by atoms with Crippen LogP contribution in [0, 0.1) is 5.82 Å². The molecule has 0 saturated heterocycles. The van der Waals surface area contributed by atoms with Gasteiger partial charge >= 0.3 is 0 Å². The number of benzene rings is 1. The number of halogens is 4. The van der Waals surface area contributed by atoms with Gasteiger partial charge in [-0.15, -0.1) is 12.4 Å². The minimum atomic E-state index is -0.733. The van der Waals surface area contributed by atoms with Gasteiger partial charge in [-0.05, 0) is 12.1 Å². The third-order valence-corrected chi connectivity index (χ3v) is 2.79. The molecule has 0 unspecified atom stereocenters. The minimum absolute atomic E-state index is 0. The first-order valence-electron chi connectivity index (χ1n) is 4.50. The number of primary amides is 1. The van der Waals surface area contributed by atoms with E-state index < -0.39 is 11.7 Å². The summed E-state index contributed by atoms with van der Waals surface area (Å²) in [7, 11) is 0. The largest absolute Gasteiger partial charge is 0.365 e. The molecule has 0 aliphatic carbocycles. The van der Waals surface area contributed by atoms with E-state index in [1.165, 1.54) is 18.3 Å². The predicted octanol–water partition coefficient (Wildman–Crippen LogP) is 2.84. The summed E-state index contributed by atoms with van der Waals surface area (Å²) >= 11 is 11.5. The van der Waals surface area contributed by atoms with Crippen LogP contribution in [0.3, 0.4) is 0 Å². The smallest absolute Gasteiger partial charge is 0.253 e. The molecular formula is C10H7Cl3FN3O. The van der Waals surface area contributed by atoms with Crippen LogP contribution in [-0.2, 0) is 0 Å². The van der Waals surface area contributed by atoms with Crippen LogP contribution in [0.15, 0.2) is 24.4 Å². The molecule has 0 aliphatic heterocycles. The summed E-state index contributed by atoms with van der Waals surface area (Å²) in [5.41, 5.74) is 5.15. The molecule has 0 atom stereocenters. The fourth-order valence-corrected chi connectivity index (χ4v) is 1.77. The maximum absolute atomic E-state index is 13.7. The lowest BCUT2D eigenvalue weighted by atomic mass is 10.3. The molecule has 0 spiro atoms. The van der Waals surface area contributed by atoms with Crippen LogP contribution in [0.2, 0.25) is 10.2 Å². The van der Waals surface area contributed by atoms with E-state index in [4.69, 9.17) is 28.9 Å². The van der Waals surface area contributed by atoms with Crippen LogP contribution in [0.1, 0.15) is 10.4 Å². The SMILES string of the molecule is Cl.NC(=O)c1cnn(-c2cccc(Cl)c2F)c1Cl. The number of hydrogen-bond acceptors (Lipinski definition) is 2.